The predicted molar refractivity (Wildman–Crippen MR) is 71.6 cm³/mol. The third-order valence-corrected chi connectivity index (χ3v) is 3.50. The van der Waals surface area contributed by atoms with Crippen molar-refractivity contribution in [3.8, 4) is 0 Å². The van der Waals surface area contributed by atoms with E-state index in [-0.39, 0.29) is 12.1 Å². The summed E-state index contributed by atoms with van der Waals surface area (Å²) < 4.78 is 5.28. The van der Waals surface area contributed by atoms with Crippen molar-refractivity contribution in [3.63, 3.8) is 0 Å². The van der Waals surface area contributed by atoms with Gasteiger partial charge < -0.3 is 15.4 Å². The average molecular weight is 254 g/mol. The molecule has 0 bridgehead atoms. The maximum atomic E-state index is 11.6. The molecule has 4 heteroatoms. The van der Waals surface area contributed by atoms with Gasteiger partial charge in [0.15, 0.2) is 0 Å². The van der Waals surface area contributed by atoms with Crippen molar-refractivity contribution in [1.82, 2.24) is 10.6 Å². The molecule has 0 radical (unpaired) electrons. The first-order chi connectivity index (χ1) is 8.42. The number of nitrogens with one attached hydrogen (secondary N) is 2. The molecule has 0 aromatic rings. The highest BCUT2D eigenvalue weighted by Gasteiger charge is 2.28. The summed E-state index contributed by atoms with van der Waals surface area (Å²) in [6.07, 6.45) is 6.86. The number of amides is 1. The highest BCUT2D eigenvalue weighted by Crippen LogP contribution is 2.25. The van der Waals surface area contributed by atoms with E-state index in [0.717, 1.165) is 31.7 Å². The molecule has 0 aromatic heterocycles. The lowest BCUT2D eigenvalue weighted by Crippen LogP contribution is -2.44. The summed E-state index contributed by atoms with van der Waals surface area (Å²) in [6, 6.07) is 1.73. The summed E-state index contributed by atoms with van der Waals surface area (Å²) in [5.74, 6) is 0. The Labute approximate surface area is 110 Å². The number of carbonyl (C=O) groups excluding carboxylic acids is 1. The van der Waals surface area contributed by atoms with Crippen molar-refractivity contribution in [2.45, 2.75) is 83.0 Å². The summed E-state index contributed by atoms with van der Waals surface area (Å²) in [4.78, 5) is 11.6. The Bertz CT molecular complexity index is 287. The van der Waals surface area contributed by atoms with Crippen molar-refractivity contribution < 1.29 is 9.53 Å². The highest BCUT2D eigenvalue weighted by atomic mass is 16.6. The van der Waals surface area contributed by atoms with Gasteiger partial charge >= 0.3 is 6.09 Å². The molecule has 0 aromatic carbocycles. The quantitative estimate of drug-likeness (QED) is 0.814. The largest absolute Gasteiger partial charge is 0.444 e. The minimum absolute atomic E-state index is 0.277. The molecular weight excluding hydrogens is 228 g/mol. The van der Waals surface area contributed by atoms with Crippen molar-refractivity contribution in [1.29, 1.82) is 0 Å². The number of ether oxygens (including phenoxy) is 1. The second-order valence-corrected chi connectivity index (χ2v) is 6.64. The molecule has 4 nitrogen and oxygen atoms in total. The Balaban J connectivity index is 1.64. The lowest BCUT2D eigenvalue weighted by molar-refractivity contribution is 0.0489. The van der Waals surface area contributed by atoms with Crippen LogP contribution in [-0.2, 0) is 4.74 Å². The van der Waals surface area contributed by atoms with Crippen LogP contribution in [0.15, 0.2) is 0 Å². The molecule has 2 fully saturated rings. The van der Waals surface area contributed by atoms with Crippen LogP contribution in [0.25, 0.3) is 0 Å². The molecule has 2 aliphatic carbocycles. The van der Waals surface area contributed by atoms with Crippen LogP contribution in [-0.4, -0.2) is 29.8 Å². The lowest BCUT2D eigenvalue weighted by atomic mass is 9.91. The van der Waals surface area contributed by atoms with Gasteiger partial charge in [-0.2, -0.15) is 0 Å². The van der Waals surface area contributed by atoms with E-state index < -0.39 is 5.60 Å². The Morgan fingerprint density at radius 3 is 1.83 bits per heavy atom. The Morgan fingerprint density at radius 1 is 0.944 bits per heavy atom. The van der Waals surface area contributed by atoms with Crippen LogP contribution in [0.1, 0.15) is 59.3 Å². The first-order valence-corrected chi connectivity index (χ1v) is 7.18. The van der Waals surface area contributed by atoms with Crippen LogP contribution in [0, 0.1) is 0 Å². The van der Waals surface area contributed by atoms with Gasteiger partial charge in [-0.3, -0.25) is 0 Å². The van der Waals surface area contributed by atoms with Gasteiger partial charge in [-0.15, -0.1) is 0 Å². The number of hydrogen-bond donors (Lipinski definition) is 2. The van der Waals surface area contributed by atoms with E-state index >= 15 is 0 Å². The van der Waals surface area contributed by atoms with Gasteiger partial charge in [-0.1, -0.05) is 0 Å². The van der Waals surface area contributed by atoms with Crippen LogP contribution >= 0.6 is 0 Å². The van der Waals surface area contributed by atoms with E-state index in [4.69, 9.17) is 4.74 Å². The minimum Gasteiger partial charge on any atom is -0.444 e. The predicted octanol–water partition coefficient (Wildman–Crippen LogP) is 2.57. The first kappa shape index (κ1) is 13.7. The summed E-state index contributed by atoms with van der Waals surface area (Å²) >= 11 is 0. The standard InChI is InChI=1S/C14H26N2O2/c1-14(2,3)18-13(17)16-12-8-6-11(7-9-12)15-10-4-5-10/h10-12,15H,4-9H2,1-3H3,(H,16,17). The van der Waals surface area contributed by atoms with Crippen molar-refractivity contribution in [2.24, 2.45) is 0 Å². The third-order valence-electron chi connectivity index (χ3n) is 3.50. The second kappa shape index (κ2) is 5.47. The van der Waals surface area contributed by atoms with Crippen molar-refractivity contribution in [3.05, 3.63) is 0 Å². The van der Waals surface area contributed by atoms with Gasteiger partial charge in [0.1, 0.15) is 5.60 Å². The van der Waals surface area contributed by atoms with Gasteiger partial charge in [0, 0.05) is 18.1 Å². The molecule has 104 valence electrons. The summed E-state index contributed by atoms with van der Waals surface area (Å²) in [5, 5.41) is 6.64. The van der Waals surface area contributed by atoms with Gasteiger partial charge in [-0.05, 0) is 59.3 Å². The van der Waals surface area contributed by atoms with Crippen molar-refractivity contribution >= 4 is 6.09 Å². The molecule has 0 spiro atoms. The van der Waals surface area contributed by atoms with Gasteiger partial charge in [-0.25, -0.2) is 4.79 Å². The van der Waals surface area contributed by atoms with Crippen LogP contribution < -0.4 is 10.6 Å². The molecule has 18 heavy (non-hydrogen) atoms. The van der Waals surface area contributed by atoms with E-state index in [0.29, 0.717) is 6.04 Å². The molecule has 1 amide bonds. The molecule has 2 N–H and O–H groups in total. The molecule has 0 heterocycles. The Morgan fingerprint density at radius 2 is 1.39 bits per heavy atom. The number of hydrogen-bond acceptors (Lipinski definition) is 3. The zero-order chi connectivity index (χ0) is 13.2. The summed E-state index contributed by atoms with van der Waals surface area (Å²) in [7, 11) is 0. The van der Waals surface area contributed by atoms with Gasteiger partial charge in [0.05, 0.1) is 0 Å². The monoisotopic (exact) mass is 254 g/mol. The van der Waals surface area contributed by atoms with Crippen LogP contribution in [0.2, 0.25) is 0 Å². The molecule has 0 atom stereocenters. The highest BCUT2D eigenvalue weighted by molar-refractivity contribution is 5.68. The number of alkyl carbamates (subject to hydrolysis) is 1. The molecule has 2 rings (SSSR count). The fourth-order valence-electron chi connectivity index (χ4n) is 2.46. The van der Waals surface area contributed by atoms with Crippen LogP contribution in [0.5, 0.6) is 0 Å². The smallest absolute Gasteiger partial charge is 0.407 e. The van der Waals surface area contributed by atoms with E-state index in [1.807, 2.05) is 20.8 Å². The zero-order valence-corrected chi connectivity index (χ0v) is 11.8. The normalized spacial score (nSPS) is 28.8. The van der Waals surface area contributed by atoms with E-state index in [9.17, 15) is 4.79 Å². The molecular formula is C14H26N2O2. The van der Waals surface area contributed by atoms with Gasteiger partial charge in [0.2, 0.25) is 0 Å². The fraction of sp³-hybridized carbons (Fsp3) is 0.929. The third kappa shape index (κ3) is 4.84. The summed E-state index contributed by atoms with van der Waals surface area (Å²) in [6.45, 7) is 5.68. The van der Waals surface area contributed by atoms with Crippen LogP contribution in [0.4, 0.5) is 4.79 Å². The SMILES string of the molecule is CC(C)(C)OC(=O)NC1CCC(NC2CC2)CC1. The van der Waals surface area contributed by atoms with Crippen molar-refractivity contribution in [2.75, 3.05) is 0 Å². The van der Waals surface area contributed by atoms with Gasteiger partial charge in [0.25, 0.3) is 0 Å². The molecule has 0 unspecified atom stereocenters. The average Bonchev–Trinajstić information content (AvgIpc) is 3.02. The molecule has 2 aliphatic rings. The Kier molecular flexibility index (Phi) is 4.15. The first-order valence-electron chi connectivity index (χ1n) is 7.18. The topological polar surface area (TPSA) is 50.4 Å². The fourth-order valence-corrected chi connectivity index (χ4v) is 2.46. The molecule has 0 saturated heterocycles. The lowest BCUT2D eigenvalue weighted by Gasteiger charge is -2.30. The zero-order valence-electron chi connectivity index (χ0n) is 11.8. The Hall–Kier alpha value is -0.770. The van der Waals surface area contributed by atoms with E-state index in [1.165, 1.54) is 12.8 Å². The molecule has 0 aliphatic heterocycles. The maximum absolute atomic E-state index is 11.6. The molecule has 2 saturated carbocycles. The maximum Gasteiger partial charge on any atom is 0.407 e. The second-order valence-electron chi connectivity index (χ2n) is 6.64. The van der Waals surface area contributed by atoms with E-state index in [2.05, 4.69) is 10.6 Å². The minimum atomic E-state index is -0.408. The summed E-state index contributed by atoms with van der Waals surface area (Å²) in [5.41, 5.74) is -0.408. The number of carbonyl (C=O) groups is 1. The van der Waals surface area contributed by atoms with E-state index in [1.54, 1.807) is 0 Å². The van der Waals surface area contributed by atoms with Crippen LogP contribution in [0.3, 0.4) is 0 Å². The number of rotatable bonds is 3.